The number of fused-ring (bicyclic) bond motifs is 2. The van der Waals surface area contributed by atoms with Crippen LogP contribution in [0.4, 0.5) is 5.82 Å². The van der Waals surface area contributed by atoms with E-state index >= 15 is 0 Å². The van der Waals surface area contributed by atoms with Crippen LogP contribution in [0.1, 0.15) is 24.2 Å². The molecule has 0 spiro atoms. The topological polar surface area (TPSA) is 131 Å². The lowest BCUT2D eigenvalue weighted by Gasteiger charge is -2.08. The van der Waals surface area contributed by atoms with E-state index in [9.17, 15) is 13.2 Å². The van der Waals surface area contributed by atoms with Gasteiger partial charge >= 0.3 is 0 Å². The van der Waals surface area contributed by atoms with E-state index in [0.29, 0.717) is 44.8 Å². The molecule has 0 aliphatic carbocycles. The van der Waals surface area contributed by atoms with Crippen LogP contribution in [0.15, 0.2) is 70.3 Å². The van der Waals surface area contributed by atoms with Gasteiger partial charge in [0.05, 0.1) is 33.0 Å². The Hall–Kier alpha value is -4.05. The zero-order chi connectivity index (χ0) is 23.2. The molecule has 10 heteroatoms. The van der Waals surface area contributed by atoms with Gasteiger partial charge in [0.1, 0.15) is 5.52 Å². The van der Waals surface area contributed by atoms with Gasteiger partial charge in [-0.3, -0.25) is 4.79 Å². The van der Waals surface area contributed by atoms with Crippen LogP contribution in [0.5, 0.6) is 0 Å². The summed E-state index contributed by atoms with van der Waals surface area (Å²) < 4.78 is 30.0. The predicted molar refractivity (Wildman–Crippen MR) is 124 cm³/mol. The van der Waals surface area contributed by atoms with Gasteiger partial charge in [-0.1, -0.05) is 29.4 Å². The van der Waals surface area contributed by atoms with Gasteiger partial charge in [0.25, 0.3) is 5.91 Å². The van der Waals surface area contributed by atoms with Crippen LogP contribution in [-0.2, 0) is 9.84 Å². The molecule has 0 aliphatic heterocycles. The average Bonchev–Trinajstić information content (AvgIpc) is 3.43. The molecular weight excluding hydrogens is 442 g/mol. The molecule has 0 aliphatic rings. The van der Waals surface area contributed by atoms with Gasteiger partial charge in [0, 0.05) is 11.8 Å². The fourth-order valence-electron chi connectivity index (χ4n) is 3.44. The summed E-state index contributed by atoms with van der Waals surface area (Å²) in [5, 5.41) is 6.86. The molecule has 0 radical (unpaired) electrons. The molecule has 0 fully saturated rings. The summed E-state index contributed by atoms with van der Waals surface area (Å²) in [7, 11) is -3.37. The number of benzene rings is 2. The summed E-state index contributed by atoms with van der Waals surface area (Å²) >= 11 is 0. The number of para-hydroxylation sites is 1. The van der Waals surface area contributed by atoms with Crippen molar-refractivity contribution in [2.75, 3.05) is 5.32 Å². The van der Waals surface area contributed by atoms with Gasteiger partial charge in [0.15, 0.2) is 26.9 Å². The SMILES string of the molecule is CC(C)S(=O)(=O)c1ccc(-c2cnc3[nH]cc(C(=O)Nc4noc5ccccc45)c3n2)cc1. The van der Waals surface area contributed by atoms with Crippen molar-refractivity contribution >= 4 is 43.7 Å². The summed E-state index contributed by atoms with van der Waals surface area (Å²) in [4.78, 5) is 25.1. The number of anilines is 1. The van der Waals surface area contributed by atoms with Gasteiger partial charge in [-0.2, -0.15) is 0 Å². The van der Waals surface area contributed by atoms with Gasteiger partial charge in [-0.05, 0) is 38.1 Å². The standard InChI is InChI=1S/C23H19N5O4S/c1-13(2)33(30,31)15-9-7-14(8-10-15)18-12-25-22-20(26-18)17(11-24-22)23(29)27-21-16-5-3-4-6-19(16)32-28-21/h3-13H,1-2H3,(H,24,25)(H,27,28,29). The minimum atomic E-state index is -3.37. The van der Waals surface area contributed by atoms with Crippen molar-refractivity contribution < 1.29 is 17.7 Å². The lowest BCUT2D eigenvalue weighted by atomic mass is 10.1. The number of aromatic nitrogens is 4. The molecule has 0 saturated heterocycles. The maximum absolute atomic E-state index is 13.0. The van der Waals surface area contributed by atoms with Gasteiger partial charge in [0.2, 0.25) is 0 Å². The van der Waals surface area contributed by atoms with Crippen molar-refractivity contribution in [3.05, 3.63) is 66.5 Å². The third-order valence-electron chi connectivity index (χ3n) is 5.33. The number of nitrogens with zero attached hydrogens (tertiary/aromatic N) is 3. The Morgan fingerprint density at radius 2 is 1.85 bits per heavy atom. The minimum absolute atomic E-state index is 0.247. The highest BCUT2D eigenvalue weighted by Crippen LogP contribution is 2.26. The Labute approximate surface area is 188 Å². The third-order valence-corrected chi connectivity index (χ3v) is 7.50. The second-order valence-electron chi connectivity index (χ2n) is 7.75. The molecule has 3 aromatic heterocycles. The van der Waals surface area contributed by atoms with E-state index in [1.165, 1.54) is 6.20 Å². The normalized spacial score (nSPS) is 12.0. The van der Waals surface area contributed by atoms with Crippen molar-refractivity contribution in [3.8, 4) is 11.3 Å². The Kier molecular flexibility index (Phi) is 4.94. The Bertz CT molecular complexity index is 1600. The molecule has 0 saturated carbocycles. The smallest absolute Gasteiger partial charge is 0.260 e. The zero-order valence-corrected chi connectivity index (χ0v) is 18.6. The van der Waals surface area contributed by atoms with Crippen LogP contribution < -0.4 is 5.32 Å². The van der Waals surface area contributed by atoms with Gasteiger partial charge in [-0.25, -0.2) is 18.4 Å². The number of carbonyl (C=O) groups is 1. The van der Waals surface area contributed by atoms with E-state index in [1.54, 1.807) is 56.4 Å². The second kappa shape index (κ2) is 7.82. The highest BCUT2D eigenvalue weighted by molar-refractivity contribution is 7.92. The molecular formula is C23H19N5O4S. The average molecular weight is 462 g/mol. The van der Waals surface area contributed by atoms with E-state index < -0.39 is 21.0 Å². The first kappa shape index (κ1) is 20.8. The minimum Gasteiger partial charge on any atom is -0.354 e. The third kappa shape index (κ3) is 3.64. The number of aromatic amines is 1. The maximum Gasteiger partial charge on any atom is 0.260 e. The molecule has 1 amide bonds. The molecule has 166 valence electrons. The van der Waals surface area contributed by atoms with Crippen molar-refractivity contribution in [3.63, 3.8) is 0 Å². The zero-order valence-electron chi connectivity index (χ0n) is 17.7. The molecule has 0 atom stereocenters. The molecule has 3 heterocycles. The van der Waals surface area contributed by atoms with Crippen LogP contribution in [0, 0.1) is 0 Å². The van der Waals surface area contributed by atoms with Gasteiger partial charge < -0.3 is 14.8 Å². The first-order chi connectivity index (χ1) is 15.8. The number of nitrogens with one attached hydrogen (secondary N) is 2. The molecule has 0 unspecified atom stereocenters. The summed E-state index contributed by atoms with van der Waals surface area (Å²) in [5.74, 6) is -0.0962. The number of carbonyl (C=O) groups excluding carboxylic acids is 1. The van der Waals surface area contributed by atoms with Crippen LogP contribution in [0.25, 0.3) is 33.4 Å². The van der Waals surface area contributed by atoms with Crippen molar-refractivity contribution in [2.45, 2.75) is 24.0 Å². The molecule has 2 aromatic carbocycles. The summed E-state index contributed by atoms with van der Waals surface area (Å²) in [5.41, 5.74) is 2.89. The van der Waals surface area contributed by atoms with E-state index in [4.69, 9.17) is 4.52 Å². The molecule has 5 rings (SSSR count). The molecule has 2 N–H and O–H groups in total. The lowest BCUT2D eigenvalue weighted by Crippen LogP contribution is -2.13. The number of rotatable bonds is 5. The fraction of sp³-hybridized carbons (Fsp3) is 0.130. The van der Waals surface area contributed by atoms with E-state index in [2.05, 4.69) is 25.4 Å². The van der Waals surface area contributed by atoms with Crippen molar-refractivity contribution in [2.24, 2.45) is 0 Å². The van der Waals surface area contributed by atoms with Crippen molar-refractivity contribution in [1.82, 2.24) is 20.1 Å². The highest BCUT2D eigenvalue weighted by atomic mass is 32.2. The van der Waals surface area contributed by atoms with E-state index in [-0.39, 0.29) is 4.90 Å². The summed E-state index contributed by atoms with van der Waals surface area (Å²) in [6.07, 6.45) is 3.10. The lowest BCUT2D eigenvalue weighted by molar-refractivity contribution is 0.102. The molecule has 5 aromatic rings. The van der Waals surface area contributed by atoms with E-state index in [1.807, 2.05) is 12.1 Å². The number of H-pyrrole nitrogens is 1. The first-order valence-corrected chi connectivity index (χ1v) is 11.7. The number of amides is 1. The Balaban J connectivity index is 1.47. The maximum atomic E-state index is 13.0. The molecule has 33 heavy (non-hydrogen) atoms. The van der Waals surface area contributed by atoms with E-state index in [0.717, 1.165) is 0 Å². The summed E-state index contributed by atoms with van der Waals surface area (Å²) in [6, 6.07) is 13.7. The van der Waals surface area contributed by atoms with Crippen molar-refractivity contribution in [1.29, 1.82) is 0 Å². The molecule has 0 bridgehead atoms. The predicted octanol–water partition coefficient (Wildman–Crippen LogP) is 4.20. The quantitative estimate of drug-likeness (QED) is 0.401. The van der Waals surface area contributed by atoms with Crippen LogP contribution in [-0.4, -0.2) is 39.7 Å². The monoisotopic (exact) mass is 461 g/mol. The fourth-order valence-corrected chi connectivity index (χ4v) is 4.50. The van der Waals surface area contributed by atoms with Crippen LogP contribution in [0.3, 0.4) is 0 Å². The molecule has 9 nitrogen and oxygen atoms in total. The van der Waals surface area contributed by atoms with Gasteiger partial charge in [-0.15, -0.1) is 0 Å². The number of sulfone groups is 1. The largest absolute Gasteiger partial charge is 0.354 e. The summed E-state index contributed by atoms with van der Waals surface area (Å²) in [6.45, 7) is 3.28. The first-order valence-electron chi connectivity index (χ1n) is 10.2. The second-order valence-corrected chi connectivity index (χ2v) is 10.3. The Morgan fingerprint density at radius 1 is 1.09 bits per heavy atom. The van der Waals surface area contributed by atoms with Crippen LogP contribution >= 0.6 is 0 Å². The van der Waals surface area contributed by atoms with Crippen LogP contribution in [0.2, 0.25) is 0 Å². The Morgan fingerprint density at radius 3 is 2.61 bits per heavy atom. The number of hydrogen-bond acceptors (Lipinski definition) is 7. The number of hydrogen-bond donors (Lipinski definition) is 2. The highest BCUT2D eigenvalue weighted by Gasteiger charge is 2.20.